The van der Waals surface area contributed by atoms with Crippen LogP contribution in [0.5, 0.6) is 0 Å². The van der Waals surface area contributed by atoms with E-state index in [0.29, 0.717) is 11.8 Å². The summed E-state index contributed by atoms with van der Waals surface area (Å²) in [4.78, 5) is 5.00. The third-order valence-corrected chi connectivity index (χ3v) is 3.32. The molecule has 0 fully saturated rings. The molecule has 102 valence electrons. The van der Waals surface area contributed by atoms with Crippen LogP contribution in [0.1, 0.15) is 24.6 Å². The van der Waals surface area contributed by atoms with Gasteiger partial charge in [0.15, 0.2) is 0 Å². The molecule has 19 heavy (non-hydrogen) atoms. The molecule has 0 unspecified atom stereocenters. The summed E-state index contributed by atoms with van der Waals surface area (Å²) in [5.74, 6) is -0.235. The van der Waals surface area contributed by atoms with E-state index in [-0.39, 0.29) is 5.82 Å². The van der Waals surface area contributed by atoms with Crippen LogP contribution in [-0.4, -0.2) is 11.5 Å². The standard InChI is InChI=1S/C14H17FN2OS/c1-3-4-16-8-11-5-12(15)7-13(6-11)19-14-17-10(2)9-18-14/h5-7,9,16H,3-4,8H2,1-2H3. The van der Waals surface area contributed by atoms with Gasteiger partial charge in [-0.3, -0.25) is 0 Å². The van der Waals surface area contributed by atoms with Crippen molar-refractivity contribution in [3.63, 3.8) is 0 Å². The van der Waals surface area contributed by atoms with Crippen LogP contribution in [0.25, 0.3) is 0 Å². The Bertz CT molecular complexity index is 542. The lowest BCUT2D eigenvalue weighted by molar-refractivity contribution is 0.454. The number of rotatable bonds is 6. The summed E-state index contributed by atoms with van der Waals surface area (Å²) in [6, 6.07) is 5.00. The molecule has 1 N–H and O–H groups in total. The van der Waals surface area contributed by atoms with Gasteiger partial charge in [-0.25, -0.2) is 9.37 Å². The Morgan fingerprint density at radius 1 is 1.37 bits per heavy atom. The van der Waals surface area contributed by atoms with E-state index in [1.54, 1.807) is 12.3 Å². The summed E-state index contributed by atoms with van der Waals surface area (Å²) in [5, 5.41) is 3.80. The molecule has 3 nitrogen and oxygen atoms in total. The number of aromatic nitrogens is 1. The second kappa shape index (κ2) is 6.73. The molecule has 0 aliphatic rings. The highest BCUT2D eigenvalue weighted by Gasteiger charge is 2.07. The van der Waals surface area contributed by atoms with Crippen LogP contribution >= 0.6 is 11.8 Å². The molecule has 0 bridgehead atoms. The molecule has 0 amide bonds. The number of oxazole rings is 1. The van der Waals surface area contributed by atoms with E-state index in [1.165, 1.54) is 17.8 Å². The fourth-order valence-electron chi connectivity index (χ4n) is 1.67. The van der Waals surface area contributed by atoms with Gasteiger partial charge >= 0.3 is 0 Å². The molecule has 0 saturated heterocycles. The average molecular weight is 280 g/mol. The average Bonchev–Trinajstić information content (AvgIpc) is 2.74. The third kappa shape index (κ3) is 4.36. The maximum absolute atomic E-state index is 13.6. The molecule has 0 radical (unpaired) electrons. The van der Waals surface area contributed by atoms with Crippen molar-refractivity contribution in [3.05, 3.63) is 41.5 Å². The molecule has 1 aromatic carbocycles. The van der Waals surface area contributed by atoms with Crippen LogP contribution in [0.2, 0.25) is 0 Å². The van der Waals surface area contributed by atoms with Crippen LogP contribution in [0.15, 0.2) is 39.0 Å². The molecule has 2 rings (SSSR count). The summed E-state index contributed by atoms with van der Waals surface area (Å²) in [6.07, 6.45) is 2.65. The minimum absolute atomic E-state index is 0.235. The van der Waals surface area contributed by atoms with Crippen molar-refractivity contribution in [2.24, 2.45) is 0 Å². The van der Waals surface area contributed by atoms with Crippen molar-refractivity contribution in [1.82, 2.24) is 10.3 Å². The first kappa shape index (κ1) is 14.1. The van der Waals surface area contributed by atoms with Crippen molar-refractivity contribution < 1.29 is 8.81 Å². The number of nitrogens with one attached hydrogen (secondary N) is 1. The normalized spacial score (nSPS) is 10.9. The lowest BCUT2D eigenvalue weighted by Gasteiger charge is -2.05. The van der Waals surface area contributed by atoms with Gasteiger partial charge in [0, 0.05) is 11.4 Å². The highest BCUT2D eigenvalue weighted by atomic mass is 32.2. The summed E-state index contributed by atoms with van der Waals surface area (Å²) in [5.41, 5.74) is 1.75. The van der Waals surface area contributed by atoms with Crippen molar-refractivity contribution in [3.8, 4) is 0 Å². The minimum Gasteiger partial charge on any atom is -0.439 e. The molecule has 0 spiro atoms. The first-order chi connectivity index (χ1) is 9.17. The molecule has 5 heteroatoms. The van der Waals surface area contributed by atoms with E-state index in [4.69, 9.17) is 4.42 Å². The van der Waals surface area contributed by atoms with Crippen LogP contribution in [-0.2, 0) is 6.54 Å². The highest BCUT2D eigenvalue weighted by molar-refractivity contribution is 7.99. The van der Waals surface area contributed by atoms with Crippen LogP contribution in [0.3, 0.4) is 0 Å². The smallest absolute Gasteiger partial charge is 0.260 e. The minimum atomic E-state index is -0.235. The monoisotopic (exact) mass is 280 g/mol. The van der Waals surface area contributed by atoms with E-state index in [2.05, 4.69) is 17.2 Å². The molecule has 0 aliphatic carbocycles. The molecule has 1 aromatic heterocycles. The number of nitrogens with zero attached hydrogens (tertiary/aromatic N) is 1. The van der Waals surface area contributed by atoms with Crippen LogP contribution in [0.4, 0.5) is 4.39 Å². The van der Waals surface area contributed by atoms with E-state index in [1.807, 2.05) is 13.0 Å². The number of benzene rings is 1. The summed E-state index contributed by atoms with van der Waals surface area (Å²) < 4.78 is 18.8. The van der Waals surface area contributed by atoms with Gasteiger partial charge < -0.3 is 9.73 Å². The first-order valence-electron chi connectivity index (χ1n) is 6.27. The van der Waals surface area contributed by atoms with Gasteiger partial charge in [-0.05, 0) is 55.4 Å². The summed E-state index contributed by atoms with van der Waals surface area (Å²) >= 11 is 1.33. The van der Waals surface area contributed by atoms with Crippen LogP contribution in [0, 0.1) is 12.7 Å². The fourth-order valence-corrected chi connectivity index (χ4v) is 2.54. The van der Waals surface area contributed by atoms with Crippen molar-refractivity contribution in [2.45, 2.75) is 36.9 Å². The maximum Gasteiger partial charge on any atom is 0.260 e. The lowest BCUT2D eigenvalue weighted by atomic mass is 10.2. The predicted molar refractivity (Wildman–Crippen MR) is 73.8 cm³/mol. The van der Waals surface area contributed by atoms with Crippen molar-refractivity contribution in [2.75, 3.05) is 6.54 Å². The largest absolute Gasteiger partial charge is 0.439 e. The van der Waals surface area contributed by atoms with Gasteiger partial charge in [-0.2, -0.15) is 0 Å². The molecule has 0 aliphatic heterocycles. The molecular weight excluding hydrogens is 263 g/mol. The van der Waals surface area contributed by atoms with Gasteiger partial charge in [-0.1, -0.05) is 6.92 Å². The maximum atomic E-state index is 13.6. The van der Waals surface area contributed by atoms with Crippen molar-refractivity contribution >= 4 is 11.8 Å². The number of hydrogen-bond donors (Lipinski definition) is 1. The highest BCUT2D eigenvalue weighted by Crippen LogP contribution is 2.28. The summed E-state index contributed by atoms with van der Waals surface area (Å²) in [6.45, 7) is 5.56. The van der Waals surface area contributed by atoms with Gasteiger partial charge in [-0.15, -0.1) is 0 Å². The number of halogens is 1. The van der Waals surface area contributed by atoms with E-state index in [9.17, 15) is 4.39 Å². The van der Waals surface area contributed by atoms with Crippen LogP contribution < -0.4 is 5.32 Å². The zero-order chi connectivity index (χ0) is 13.7. The van der Waals surface area contributed by atoms with Gasteiger partial charge in [0.25, 0.3) is 5.22 Å². The first-order valence-corrected chi connectivity index (χ1v) is 7.09. The SMILES string of the molecule is CCCNCc1cc(F)cc(Sc2nc(C)co2)c1. The van der Waals surface area contributed by atoms with E-state index >= 15 is 0 Å². The van der Waals surface area contributed by atoms with Gasteiger partial charge in [0.2, 0.25) is 0 Å². The molecule has 0 saturated carbocycles. The molecular formula is C14H17FN2OS. The zero-order valence-electron chi connectivity index (χ0n) is 11.1. The lowest BCUT2D eigenvalue weighted by Crippen LogP contribution is -2.13. The Morgan fingerprint density at radius 2 is 2.21 bits per heavy atom. The van der Waals surface area contributed by atoms with Gasteiger partial charge in [0.05, 0.1) is 5.69 Å². The zero-order valence-corrected chi connectivity index (χ0v) is 11.9. The number of hydrogen-bond acceptors (Lipinski definition) is 4. The Balaban J connectivity index is 2.07. The topological polar surface area (TPSA) is 38.1 Å². The second-order valence-corrected chi connectivity index (χ2v) is 5.35. The Kier molecular flexibility index (Phi) is 4.99. The third-order valence-electron chi connectivity index (χ3n) is 2.49. The molecule has 2 aromatic rings. The predicted octanol–water partition coefficient (Wildman–Crippen LogP) is 3.77. The Hall–Kier alpha value is -1.33. The van der Waals surface area contributed by atoms with Crippen molar-refractivity contribution in [1.29, 1.82) is 0 Å². The Morgan fingerprint density at radius 3 is 2.89 bits per heavy atom. The number of aryl methyl sites for hydroxylation is 1. The van der Waals surface area contributed by atoms with E-state index in [0.717, 1.165) is 29.1 Å². The second-order valence-electron chi connectivity index (χ2n) is 4.33. The Labute approximate surface area is 116 Å². The molecule has 0 atom stereocenters. The van der Waals surface area contributed by atoms with Gasteiger partial charge in [0.1, 0.15) is 12.1 Å². The summed E-state index contributed by atoms with van der Waals surface area (Å²) in [7, 11) is 0. The molecule has 1 heterocycles. The fraction of sp³-hybridized carbons (Fsp3) is 0.357. The quantitative estimate of drug-likeness (QED) is 0.817. The van der Waals surface area contributed by atoms with E-state index < -0.39 is 0 Å².